The van der Waals surface area contributed by atoms with Gasteiger partial charge in [0.05, 0.1) is 29.4 Å². The summed E-state index contributed by atoms with van der Waals surface area (Å²) in [6.45, 7) is 6.22. The molecule has 4 N–H and O–H groups in total. The number of rotatable bonds is 10. The van der Waals surface area contributed by atoms with Gasteiger partial charge in [-0.2, -0.15) is 0 Å². The lowest BCUT2D eigenvalue weighted by atomic mass is 9.91. The first-order valence-electron chi connectivity index (χ1n) is 11.7. The summed E-state index contributed by atoms with van der Waals surface area (Å²) < 4.78 is 0. The van der Waals surface area contributed by atoms with Gasteiger partial charge in [-0.25, -0.2) is 0 Å². The molecule has 1 aliphatic rings. The lowest BCUT2D eigenvalue weighted by Gasteiger charge is -2.19. The van der Waals surface area contributed by atoms with Crippen LogP contribution >= 0.6 is 0 Å². The van der Waals surface area contributed by atoms with Crippen molar-refractivity contribution in [2.24, 2.45) is 0 Å². The van der Waals surface area contributed by atoms with Crippen molar-refractivity contribution >= 4 is 23.2 Å². The third-order valence-electron chi connectivity index (χ3n) is 6.11. The Bertz CT molecular complexity index is 944. The number of amides is 2. The summed E-state index contributed by atoms with van der Waals surface area (Å²) >= 11 is 0. The number of carbonyl (C=O) groups is 2. The maximum Gasteiger partial charge on any atom is 0.241 e. The van der Waals surface area contributed by atoms with Crippen LogP contribution in [0.3, 0.4) is 0 Å². The van der Waals surface area contributed by atoms with E-state index in [0.717, 1.165) is 36.0 Å². The normalized spacial score (nSPS) is 16.9. The highest BCUT2D eigenvalue weighted by atomic mass is 16.3. The Balaban J connectivity index is 1.70. The minimum atomic E-state index is -0.467. The second-order valence-corrected chi connectivity index (χ2v) is 8.65. The highest BCUT2D eigenvalue weighted by molar-refractivity contribution is 6.08. The first kappa shape index (κ1) is 24.0. The summed E-state index contributed by atoms with van der Waals surface area (Å²) in [5.41, 5.74) is 4.03. The lowest BCUT2D eigenvalue weighted by Crippen LogP contribution is -2.41. The SMILES string of the molecule is CCCCCC[C@@H](O)CN[C@@H](C)C(=O)Nc1cccc2c1-c1ccccc1C(C)C(=O)N2. The molecule has 32 heavy (non-hydrogen) atoms. The van der Waals surface area contributed by atoms with Crippen molar-refractivity contribution in [3.05, 3.63) is 48.0 Å². The summed E-state index contributed by atoms with van der Waals surface area (Å²) in [7, 11) is 0. The zero-order chi connectivity index (χ0) is 23.1. The van der Waals surface area contributed by atoms with Gasteiger partial charge in [-0.3, -0.25) is 9.59 Å². The molecule has 1 unspecified atom stereocenters. The Morgan fingerprint density at radius 1 is 1.12 bits per heavy atom. The van der Waals surface area contributed by atoms with Gasteiger partial charge in [-0.15, -0.1) is 0 Å². The molecule has 6 nitrogen and oxygen atoms in total. The van der Waals surface area contributed by atoms with Crippen LogP contribution in [-0.2, 0) is 9.59 Å². The molecule has 172 valence electrons. The van der Waals surface area contributed by atoms with Gasteiger partial charge in [0.15, 0.2) is 0 Å². The number of aliphatic hydroxyl groups excluding tert-OH is 1. The number of carbonyl (C=O) groups excluding carboxylic acids is 2. The lowest BCUT2D eigenvalue weighted by molar-refractivity contribution is -0.118. The van der Waals surface area contributed by atoms with E-state index in [2.05, 4.69) is 22.9 Å². The minimum absolute atomic E-state index is 0.0670. The number of fused-ring (bicyclic) bond motifs is 3. The van der Waals surface area contributed by atoms with E-state index in [1.54, 1.807) is 6.92 Å². The van der Waals surface area contributed by atoms with Crippen LogP contribution in [0.1, 0.15) is 64.4 Å². The number of hydrogen-bond donors (Lipinski definition) is 4. The zero-order valence-corrected chi connectivity index (χ0v) is 19.3. The topological polar surface area (TPSA) is 90.5 Å². The number of unbranched alkanes of at least 4 members (excludes halogenated alkanes) is 3. The maximum absolute atomic E-state index is 12.9. The van der Waals surface area contributed by atoms with Gasteiger partial charge < -0.3 is 21.1 Å². The van der Waals surface area contributed by atoms with E-state index in [4.69, 9.17) is 0 Å². The molecule has 0 aliphatic carbocycles. The fourth-order valence-corrected chi connectivity index (χ4v) is 4.09. The molecule has 0 radical (unpaired) electrons. The molecule has 0 bridgehead atoms. The Hall–Kier alpha value is -2.70. The largest absolute Gasteiger partial charge is 0.392 e. The van der Waals surface area contributed by atoms with Gasteiger partial charge in [0, 0.05) is 12.1 Å². The van der Waals surface area contributed by atoms with Crippen LogP contribution in [0.5, 0.6) is 0 Å². The highest BCUT2D eigenvalue weighted by Gasteiger charge is 2.27. The third-order valence-corrected chi connectivity index (χ3v) is 6.11. The molecular formula is C26H35N3O3. The Morgan fingerprint density at radius 2 is 1.91 bits per heavy atom. The summed E-state index contributed by atoms with van der Waals surface area (Å²) in [6, 6.07) is 12.9. The smallest absolute Gasteiger partial charge is 0.241 e. The number of hydrogen-bond acceptors (Lipinski definition) is 4. The molecule has 6 heteroatoms. The number of aliphatic hydroxyl groups is 1. The second kappa shape index (κ2) is 11.2. The average Bonchev–Trinajstić information content (AvgIpc) is 2.90. The number of benzene rings is 2. The van der Waals surface area contributed by atoms with Crippen molar-refractivity contribution in [3.8, 4) is 11.1 Å². The maximum atomic E-state index is 12.9. The fraction of sp³-hybridized carbons (Fsp3) is 0.462. The van der Waals surface area contributed by atoms with Crippen molar-refractivity contribution in [1.82, 2.24) is 5.32 Å². The van der Waals surface area contributed by atoms with E-state index < -0.39 is 12.1 Å². The van der Waals surface area contributed by atoms with Crippen LogP contribution in [0, 0.1) is 0 Å². The van der Waals surface area contributed by atoms with Crippen molar-refractivity contribution in [2.45, 2.75) is 70.9 Å². The molecule has 1 heterocycles. The Kier molecular flexibility index (Phi) is 8.42. The molecule has 3 rings (SSSR count). The molecule has 0 fully saturated rings. The van der Waals surface area contributed by atoms with Gasteiger partial charge >= 0.3 is 0 Å². The minimum Gasteiger partial charge on any atom is -0.392 e. The zero-order valence-electron chi connectivity index (χ0n) is 19.3. The van der Waals surface area contributed by atoms with Crippen LogP contribution < -0.4 is 16.0 Å². The molecule has 0 saturated heterocycles. The van der Waals surface area contributed by atoms with Crippen LogP contribution in [-0.4, -0.2) is 35.6 Å². The molecule has 2 aromatic rings. The van der Waals surface area contributed by atoms with Crippen molar-refractivity contribution < 1.29 is 14.7 Å². The van der Waals surface area contributed by atoms with Crippen molar-refractivity contribution in [2.75, 3.05) is 17.2 Å². The molecule has 0 saturated carbocycles. The highest BCUT2D eigenvalue weighted by Crippen LogP contribution is 2.42. The number of nitrogens with one attached hydrogen (secondary N) is 3. The van der Waals surface area contributed by atoms with E-state index in [1.807, 2.05) is 49.4 Å². The van der Waals surface area contributed by atoms with E-state index in [1.165, 1.54) is 12.8 Å². The predicted molar refractivity (Wildman–Crippen MR) is 130 cm³/mol. The Labute approximate surface area is 190 Å². The first-order chi connectivity index (χ1) is 15.4. The van der Waals surface area contributed by atoms with Gasteiger partial charge in [-0.1, -0.05) is 62.9 Å². The molecule has 2 amide bonds. The van der Waals surface area contributed by atoms with Crippen LogP contribution in [0.2, 0.25) is 0 Å². The molecular weight excluding hydrogens is 402 g/mol. The summed E-state index contributed by atoms with van der Waals surface area (Å²) in [6.07, 6.45) is 4.75. The monoisotopic (exact) mass is 437 g/mol. The van der Waals surface area contributed by atoms with Crippen LogP contribution in [0.15, 0.2) is 42.5 Å². The van der Waals surface area contributed by atoms with Crippen molar-refractivity contribution in [3.63, 3.8) is 0 Å². The summed E-state index contributed by atoms with van der Waals surface area (Å²) in [5.74, 6) is -0.540. The first-order valence-corrected chi connectivity index (χ1v) is 11.7. The Morgan fingerprint density at radius 3 is 2.69 bits per heavy atom. The third kappa shape index (κ3) is 5.75. The van der Waals surface area contributed by atoms with E-state index >= 15 is 0 Å². The van der Waals surface area contributed by atoms with Gasteiger partial charge in [-0.05, 0) is 43.5 Å². The molecule has 3 atom stereocenters. The van der Waals surface area contributed by atoms with Gasteiger partial charge in [0.1, 0.15) is 0 Å². The fourth-order valence-electron chi connectivity index (χ4n) is 4.09. The second-order valence-electron chi connectivity index (χ2n) is 8.65. The van der Waals surface area contributed by atoms with Gasteiger partial charge in [0.2, 0.25) is 11.8 Å². The summed E-state index contributed by atoms with van der Waals surface area (Å²) in [5, 5.41) is 19.3. The van der Waals surface area contributed by atoms with Crippen molar-refractivity contribution in [1.29, 1.82) is 0 Å². The van der Waals surface area contributed by atoms with E-state index in [-0.39, 0.29) is 17.7 Å². The molecule has 0 aromatic heterocycles. The van der Waals surface area contributed by atoms with Gasteiger partial charge in [0.25, 0.3) is 0 Å². The van der Waals surface area contributed by atoms with Crippen LogP contribution in [0.25, 0.3) is 11.1 Å². The molecule has 1 aliphatic heterocycles. The van der Waals surface area contributed by atoms with E-state index in [0.29, 0.717) is 17.9 Å². The summed E-state index contributed by atoms with van der Waals surface area (Å²) in [4.78, 5) is 25.5. The molecule has 0 spiro atoms. The predicted octanol–water partition coefficient (Wildman–Crippen LogP) is 4.66. The van der Waals surface area contributed by atoms with E-state index in [9.17, 15) is 14.7 Å². The average molecular weight is 438 g/mol. The number of anilines is 2. The quantitative estimate of drug-likeness (QED) is 0.407. The molecule has 2 aromatic carbocycles. The van der Waals surface area contributed by atoms with Crippen LogP contribution in [0.4, 0.5) is 11.4 Å². The standard InChI is InChI=1S/C26H35N3O3/c1-4-5-6-7-11-19(30)16-27-18(3)26(32)29-23-15-10-14-22-24(23)21-13-9-8-12-20(21)17(2)25(31)28-22/h8-10,12-15,17-19,27,30H,4-7,11,16H2,1-3H3,(H,28,31)(H,29,32)/t17?,18-,19+/m0/s1.